The normalized spacial score (nSPS) is 18.8. The Labute approximate surface area is 212 Å². The predicted octanol–water partition coefficient (Wildman–Crippen LogP) is 7.50. The molecule has 1 unspecified atom stereocenters. The first-order valence-electron chi connectivity index (χ1n) is 12.2. The molecule has 5 heteroatoms. The summed E-state index contributed by atoms with van der Waals surface area (Å²) in [5.41, 5.74) is 4.96. The van der Waals surface area contributed by atoms with E-state index in [1.807, 2.05) is 56.3 Å². The van der Waals surface area contributed by atoms with Gasteiger partial charge in [-0.05, 0) is 101 Å². The number of hydrogen-bond acceptors (Lipinski definition) is 3. The first-order chi connectivity index (χ1) is 16.1. The molecule has 1 saturated heterocycles. The molecule has 1 aliphatic heterocycles. The zero-order chi connectivity index (χ0) is 25.6. The molecule has 4 nitrogen and oxygen atoms in total. The fraction of sp³-hybridized carbons (Fsp3) is 0.517. The Morgan fingerprint density at radius 2 is 1.94 bits per heavy atom. The second kappa shape index (κ2) is 15.7. The third-order valence-electron chi connectivity index (χ3n) is 5.84. The highest BCUT2D eigenvalue weighted by atomic mass is 35.5. The molecule has 3 rings (SSSR count). The quantitative estimate of drug-likeness (QED) is 0.415. The standard InChI is InChI=1S/C16H16ClN.C8H15NO.C5H12O/c1-3-15(16-11-18-10-9-12(16)2)13-5-4-6-14(17)8-7-13;1-8-3-2-5-9(7-10)6-4-8;1-5(2,3)6-4/h3-4,6-11H,5H2,1-2H3;7-8H,2-6H2,1H3;1-4H3/b15-3-;;. The number of likely N-dealkylation sites (tertiary alicyclic amines) is 1. The van der Waals surface area contributed by atoms with Crippen LogP contribution in [0.25, 0.3) is 5.57 Å². The number of carbonyl (C=O) groups is 1. The molecular weight excluding hydrogens is 444 g/mol. The maximum Gasteiger partial charge on any atom is 0.209 e. The molecular formula is C29H43ClN2O2. The van der Waals surface area contributed by atoms with E-state index in [2.05, 4.69) is 44.0 Å². The number of rotatable bonds is 3. The Morgan fingerprint density at radius 1 is 1.24 bits per heavy atom. The van der Waals surface area contributed by atoms with Crippen molar-refractivity contribution in [3.63, 3.8) is 0 Å². The third-order valence-corrected chi connectivity index (χ3v) is 6.09. The van der Waals surface area contributed by atoms with Crippen LogP contribution in [0.3, 0.4) is 0 Å². The zero-order valence-electron chi connectivity index (χ0n) is 22.1. The van der Waals surface area contributed by atoms with Crippen molar-refractivity contribution in [2.75, 3.05) is 20.2 Å². The molecule has 0 saturated carbocycles. The third kappa shape index (κ3) is 11.8. The van der Waals surface area contributed by atoms with E-state index in [0.717, 1.165) is 36.9 Å². The number of halogens is 1. The smallest absolute Gasteiger partial charge is 0.209 e. The number of hydrogen-bond donors (Lipinski definition) is 0. The van der Waals surface area contributed by atoms with Gasteiger partial charge in [0.2, 0.25) is 6.41 Å². The van der Waals surface area contributed by atoms with Gasteiger partial charge in [-0.3, -0.25) is 9.78 Å². The topological polar surface area (TPSA) is 42.4 Å². The van der Waals surface area contributed by atoms with Crippen LogP contribution < -0.4 is 0 Å². The van der Waals surface area contributed by atoms with Gasteiger partial charge in [0, 0.05) is 43.2 Å². The van der Waals surface area contributed by atoms with E-state index in [4.69, 9.17) is 16.3 Å². The molecule has 2 aliphatic rings. The van der Waals surface area contributed by atoms with Crippen LogP contribution in [0, 0.1) is 12.8 Å². The number of methoxy groups -OCH3 is 1. The number of ether oxygens (including phenoxy) is 1. The number of nitrogens with zero attached hydrogens (tertiary/aromatic N) is 2. The molecule has 188 valence electrons. The van der Waals surface area contributed by atoms with Gasteiger partial charge in [0.25, 0.3) is 0 Å². The van der Waals surface area contributed by atoms with E-state index in [-0.39, 0.29) is 5.60 Å². The monoisotopic (exact) mass is 486 g/mol. The van der Waals surface area contributed by atoms with Crippen molar-refractivity contribution in [2.24, 2.45) is 5.92 Å². The molecule has 2 heterocycles. The molecule has 0 N–H and O–H groups in total. The summed E-state index contributed by atoms with van der Waals surface area (Å²) >= 11 is 6.01. The van der Waals surface area contributed by atoms with E-state index < -0.39 is 0 Å². The second-order valence-corrected chi connectivity index (χ2v) is 10.2. The fourth-order valence-corrected chi connectivity index (χ4v) is 3.60. The summed E-state index contributed by atoms with van der Waals surface area (Å²) in [4.78, 5) is 16.4. The predicted molar refractivity (Wildman–Crippen MR) is 146 cm³/mol. The molecule has 34 heavy (non-hydrogen) atoms. The Balaban J connectivity index is 0.000000303. The van der Waals surface area contributed by atoms with Gasteiger partial charge in [-0.25, -0.2) is 0 Å². The van der Waals surface area contributed by atoms with Crippen LogP contribution in [-0.4, -0.2) is 42.1 Å². The van der Waals surface area contributed by atoms with Crippen LogP contribution in [0.5, 0.6) is 0 Å². The number of aryl methyl sites for hydroxylation is 1. The minimum absolute atomic E-state index is 0.0417. The van der Waals surface area contributed by atoms with E-state index in [9.17, 15) is 4.79 Å². The molecule has 1 atom stereocenters. The average Bonchev–Trinajstić information content (AvgIpc) is 3.15. The molecule has 0 aromatic carbocycles. The van der Waals surface area contributed by atoms with Gasteiger partial charge >= 0.3 is 0 Å². The lowest BCUT2D eigenvalue weighted by Crippen LogP contribution is -2.22. The van der Waals surface area contributed by atoms with Crippen molar-refractivity contribution in [1.82, 2.24) is 9.88 Å². The van der Waals surface area contributed by atoms with Gasteiger partial charge in [0.15, 0.2) is 0 Å². The van der Waals surface area contributed by atoms with E-state index in [0.29, 0.717) is 0 Å². The minimum Gasteiger partial charge on any atom is -0.379 e. The minimum atomic E-state index is 0.0417. The SMILES string of the molecule is C/C=C(/C1=CC=C(Cl)C=CC1)c1cnccc1C.CC1CCCN(C=O)CC1.COC(C)(C)C. The van der Waals surface area contributed by atoms with Gasteiger partial charge in [0.05, 0.1) is 5.60 Å². The summed E-state index contributed by atoms with van der Waals surface area (Å²) in [5.74, 6) is 0.810. The van der Waals surface area contributed by atoms with Crippen molar-refractivity contribution in [2.45, 2.75) is 72.8 Å². The summed E-state index contributed by atoms with van der Waals surface area (Å²) in [6, 6.07) is 2.04. The van der Waals surface area contributed by atoms with Crippen LogP contribution in [0.4, 0.5) is 0 Å². The lowest BCUT2D eigenvalue weighted by molar-refractivity contribution is -0.118. The lowest BCUT2D eigenvalue weighted by atomic mass is 9.93. The second-order valence-electron chi connectivity index (χ2n) is 9.74. The highest BCUT2D eigenvalue weighted by Crippen LogP contribution is 2.29. The Morgan fingerprint density at radius 3 is 2.53 bits per heavy atom. The summed E-state index contributed by atoms with van der Waals surface area (Å²) < 4.78 is 4.94. The average molecular weight is 487 g/mol. The van der Waals surface area contributed by atoms with Crippen molar-refractivity contribution in [3.8, 4) is 0 Å². The molecule has 1 amide bonds. The molecule has 0 bridgehead atoms. The fourth-order valence-electron chi connectivity index (χ4n) is 3.45. The van der Waals surface area contributed by atoms with E-state index in [1.165, 1.54) is 41.5 Å². The van der Waals surface area contributed by atoms with Crippen LogP contribution in [0.15, 0.2) is 59.4 Å². The molecule has 1 fully saturated rings. The molecule has 1 aromatic rings. The van der Waals surface area contributed by atoms with Crippen molar-refractivity contribution >= 4 is 23.6 Å². The van der Waals surface area contributed by atoms with Gasteiger partial charge < -0.3 is 9.64 Å². The molecule has 1 aromatic heterocycles. The number of carbonyl (C=O) groups excluding carboxylic acids is 1. The van der Waals surface area contributed by atoms with Crippen LogP contribution in [-0.2, 0) is 9.53 Å². The van der Waals surface area contributed by atoms with Gasteiger partial charge in [-0.15, -0.1) is 0 Å². The van der Waals surface area contributed by atoms with Crippen molar-refractivity contribution in [3.05, 3.63) is 70.6 Å². The zero-order valence-corrected chi connectivity index (χ0v) is 22.9. The van der Waals surface area contributed by atoms with Gasteiger partial charge in [-0.2, -0.15) is 0 Å². The van der Waals surface area contributed by atoms with Crippen molar-refractivity contribution in [1.29, 1.82) is 0 Å². The highest BCUT2D eigenvalue weighted by Gasteiger charge is 2.11. The Kier molecular flexibility index (Phi) is 13.8. The Bertz CT molecular complexity index is 878. The maximum absolute atomic E-state index is 10.3. The molecule has 1 aliphatic carbocycles. The summed E-state index contributed by atoms with van der Waals surface area (Å²) in [7, 11) is 1.71. The van der Waals surface area contributed by atoms with Crippen molar-refractivity contribution < 1.29 is 9.53 Å². The Hall–Kier alpha value is -2.17. The first kappa shape index (κ1) is 29.9. The summed E-state index contributed by atoms with van der Waals surface area (Å²) in [6.45, 7) is 14.4. The highest BCUT2D eigenvalue weighted by molar-refractivity contribution is 6.31. The van der Waals surface area contributed by atoms with E-state index >= 15 is 0 Å². The number of pyridine rings is 1. The van der Waals surface area contributed by atoms with Crippen LogP contribution >= 0.6 is 11.6 Å². The first-order valence-corrected chi connectivity index (χ1v) is 12.5. The van der Waals surface area contributed by atoms with Gasteiger partial charge in [-0.1, -0.05) is 36.8 Å². The number of aromatic nitrogens is 1. The number of allylic oxidation sites excluding steroid dienone is 8. The van der Waals surface area contributed by atoms with Gasteiger partial charge in [0.1, 0.15) is 0 Å². The largest absolute Gasteiger partial charge is 0.379 e. The molecule has 0 spiro atoms. The lowest BCUT2D eigenvalue weighted by Gasteiger charge is -2.14. The maximum atomic E-state index is 10.3. The number of amides is 1. The summed E-state index contributed by atoms with van der Waals surface area (Å²) in [6.07, 6.45) is 19.4. The summed E-state index contributed by atoms with van der Waals surface area (Å²) in [5, 5.41) is 0.767. The molecule has 0 radical (unpaired) electrons. The van der Waals surface area contributed by atoms with Crippen LogP contribution in [0.2, 0.25) is 0 Å². The van der Waals surface area contributed by atoms with E-state index in [1.54, 1.807) is 7.11 Å². The van der Waals surface area contributed by atoms with Crippen LogP contribution in [0.1, 0.15) is 71.4 Å².